The van der Waals surface area contributed by atoms with E-state index in [2.05, 4.69) is 10.6 Å². The summed E-state index contributed by atoms with van der Waals surface area (Å²) in [4.78, 5) is 37.1. The molecule has 2 atom stereocenters. The Bertz CT molecular complexity index is 951. The first-order valence-corrected chi connectivity index (χ1v) is 10.0. The Hall–Kier alpha value is -3.43. The number of nitrogens with zero attached hydrogens (tertiary/aromatic N) is 1. The molecular formula is C23H29N3O6. The predicted molar refractivity (Wildman–Crippen MR) is 120 cm³/mol. The number of carboxylic acid groups (broad SMARTS) is 1. The van der Waals surface area contributed by atoms with Crippen molar-refractivity contribution in [3.8, 4) is 0 Å². The van der Waals surface area contributed by atoms with Crippen LogP contribution >= 0.6 is 0 Å². The zero-order chi connectivity index (χ0) is 24.1. The highest BCUT2D eigenvalue weighted by molar-refractivity contribution is 6.02. The first kappa shape index (κ1) is 24.8. The van der Waals surface area contributed by atoms with Gasteiger partial charge in [-0.3, -0.25) is 14.5 Å². The molecule has 2 rings (SSSR count). The smallest absolute Gasteiger partial charge is 0.408 e. The number of nitrogens with one attached hydrogen (secondary N) is 2. The summed E-state index contributed by atoms with van der Waals surface area (Å²) in [5.41, 5.74) is 1.86. The maximum Gasteiger partial charge on any atom is 0.408 e. The van der Waals surface area contributed by atoms with Crippen molar-refractivity contribution >= 4 is 29.3 Å². The van der Waals surface area contributed by atoms with Gasteiger partial charge in [0.05, 0.1) is 0 Å². The fourth-order valence-electron chi connectivity index (χ4n) is 2.82. The Morgan fingerprint density at radius 2 is 1.25 bits per heavy atom. The molecule has 3 amide bonds. The molecule has 0 aliphatic carbocycles. The summed E-state index contributed by atoms with van der Waals surface area (Å²) in [6.07, 6.45) is -4.99. The molecule has 9 nitrogen and oxygen atoms in total. The number of aryl methyl sites for hydroxylation is 1. The van der Waals surface area contributed by atoms with Crippen LogP contribution in [0.4, 0.5) is 16.2 Å². The molecule has 32 heavy (non-hydrogen) atoms. The topological polar surface area (TPSA) is 139 Å². The van der Waals surface area contributed by atoms with E-state index in [0.717, 1.165) is 5.56 Å². The number of carbonyl (C=O) groups excluding carboxylic acids is 2. The summed E-state index contributed by atoms with van der Waals surface area (Å²) in [7, 11) is 0. The minimum atomic E-state index is -1.98. The maximum atomic E-state index is 12.3. The molecular weight excluding hydrogens is 414 g/mol. The van der Waals surface area contributed by atoms with Gasteiger partial charge in [-0.1, -0.05) is 29.8 Å². The molecule has 0 saturated heterocycles. The highest BCUT2D eigenvalue weighted by Gasteiger charge is 2.30. The molecule has 172 valence electrons. The molecule has 0 radical (unpaired) electrons. The third-order valence-electron chi connectivity index (χ3n) is 4.76. The van der Waals surface area contributed by atoms with Gasteiger partial charge in [-0.2, -0.15) is 0 Å². The predicted octanol–water partition coefficient (Wildman–Crippen LogP) is 2.57. The number of amides is 3. The van der Waals surface area contributed by atoms with Gasteiger partial charge >= 0.3 is 6.09 Å². The number of rotatable bonds is 7. The fourth-order valence-corrected chi connectivity index (χ4v) is 2.82. The van der Waals surface area contributed by atoms with Crippen molar-refractivity contribution in [1.29, 1.82) is 0 Å². The largest absolute Gasteiger partial charge is 0.465 e. The molecule has 5 N–H and O–H groups in total. The van der Waals surface area contributed by atoms with Gasteiger partial charge in [0.2, 0.25) is 0 Å². The summed E-state index contributed by atoms with van der Waals surface area (Å²) in [5.74, 6) is -1.87. The minimum absolute atomic E-state index is 0.160. The minimum Gasteiger partial charge on any atom is -0.465 e. The van der Waals surface area contributed by atoms with Crippen LogP contribution in [0.3, 0.4) is 0 Å². The quantitative estimate of drug-likeness (QED) is 0.446. The molecule has 0 aromatic heterocycles. The van der Waals surface area contributed by atoms with Crippen molar-refractivity contribution in [2.75, 3.05) is 10.6 Å². The van der Waals surface area contributed by atoms with Gasteiger partial charge < -0.3 is 26.0 Å². The second kappa shape index (κ2) is 10.3. The lowest BCUT2D eigenvalue weighted by atomic mass is 10.1. The third kappa shape index (κ3) is 6.79. The monoisotopic (exact) mass is 443 g/mol. The van der Waals surface area contributed by atoms with E-state index in [0.29, 0.717) is 16.9 Å². The lowest BCUT2D eigenvalue weighted by Gasteiger charge is -2.33. The Balaban J connectivity index is 1.96. The van der Waals surface area contributed by atoms with E-state index >= 15 is 0 Å². The molecule has 0 heterocycles. The second-order valence-electron chi connectivity index (χ2n) is 8.47. The summed E-state index contributed by atoms with van der Waals surface area (Å²) in [5, 5.41) is 34.4. The van der Waals surface area contributed by atoms with Crippen LogP contribution < -0.4 is 10.6 Å². The molecule has 2 aromatic carbocycles. The van der Waals surface area contributed by atoms with Crippen molar-refractivity contribution in [2.45, 2.75) is 52.0 Å². The van der Waals surface area contributed by atoms with Crippen LogP contribution in [0, 0.1) is 6.92 Å². The van der Waals surface area contributed by atoms with Crippen LogP contribution in [0.1, 0.15) is 31.9 Å². The molecule has 0 unspecified atom stereocenters. The first-order chi connectivity index (χ1) is 14.9. The first-order valence-electron chi connectivity index (χ1n) is 10.0. The summed E-state index contributed by atoms with van der Waals surface area (Å²) in [6, 6.07) is 13.2. The number of carbonyl (C=O) groups is 3. The van der Waals surface area contributed by atoms with Crippen LogP contribution in [0.25, 0.3) is 0 Å². The molecule has 0 bridgehead atoms. The van der Waals surface area contributed by atoms with Crippen LogP contribution in [0.5, 0.6) is 0 Å². The zero-order valence-corrected chi connectivity index (χ0v) is 18.5. The van der Waals surface area contributed by atoms with Crippen molar-refractivity contribution in [3.05, 3.63) is 59.7 Å². The second-order valence-corrected chi connectivity index (χ2v) is 8.47. The Labute approximate surface area is 186 Å². The lowest BCUT2D eigenvalue weighted by molar-refractivity contribution is -0.139. The van der Waals surface area contributed by atoms with E-state index < -0.39 is 35.7 Å². The van der Waals surface area contributed by atoms with E-state index in [1.807, 2.05) is 6.92 Å². The standard InChI is InChI=1S/C23H29N3O6/c1-14-5-9-16(10-6-14)24-20(29)18(27)19(28)21(30)25-17-11-7-15(8-12-17)13-26(22(31)32)23(2,3)4/h5-12,18-19,27-28H,13H2,1-4H3,(H,24,29)(H,25,30)(H,31,32)/t18-,19-/m1/s1. The van der Waals surface area contributed by atoms with Crippen molar-refractivity contribution in [1.82, 2.24) is 4.90 Å². The normalized spacial score (nSPS) is 13.1. The average molecular weight is 444 g/mol. The van der Waals surface area contributed by atoms with Crippen molar-refractivity contribution < 1.29 is 29.7 Å². The van der Waals surface area contributed by atoms with Gasteiger partial charge in [0.25, 0.3) is 11.8 Å². The Kier molecular flexibility index (Phi) is 7.96. The maximum absolute atomic E-state index is 12.3. The van der Waals surface area contributed by atoms with Gasteiger partial charge in [0.1, 0.15) is 0 Å². The number of anilines is 2. The van der Waals surface area contributed by atoms with Gasteiger partial charge in [-0.25, -0.2) is 4.79 Å². The molecule has 9 heteroatoms. The van der Waals surface area contributed by atoms with Gasteiger partial charge in [0.15, 0.2) is 12.2 Å². The number of hydrogen-bond acceptors (Lipinski definition) is 5. The van der Waals surface area contributed by atoms with Crippen molar-refractivity contribution in [2.24, 2.45) is 0 Å². The van der Waals surface area contributed by atoms with Crippen LogP contribution in [-0.4, -0.2) is 55.9 Å². The number of aliphatic hydroxyl groups is 2. The molecule has 0 spiro atoms. The molecule has 0 saturated carbocycles. The number of aliphatic hydroxyl groups excluding tert-OH is 2. The van der Waals surface area contributed by atoms with E-state index in [-0.39, 0.29) is 6.54 Å². The highest BCUT2D eigenvalue weighted by Crippen LogP contribution is 2.19. The van der Waals surface area contributed by atoms with Gasteiger partial charge in [-0.15, -0.1) is 0 Å². The lowest BCUT2D eigenvalue weighted by Crippen LogP contribution is -2.45. The van der Waals surface area contributed by atoms with Crippen molar-refractivity contribution in [3.63, 3.8) is 0 Å². The Morgan fingerprint density at radius 3 is 1.62 bits per heavy atom. The summed E-state index contributed by atoms with van der Waals surface area (Å²) < 4.78 is 0. The van der Waals surface area contributed by atoms with Crippen LogP contribution in [-0.2, 0) is 16.1 Å². The molecule has 0 aliphatic rings. The highest BCUT2D eigenvalue weighted by atomic mass is 16.4. The summed E-state index contributed by atoms with van der Waals surface area (Å²) in [6.45, 7) is 7.41. The average Bonchev–Trinajstić information content (AvgIpc) is 2.72. The van der Waals surface area contributed by atoms with Crippen LogP contribution in [0.15, 0.2) is 48.5 Å². The van der Waals surface area contributed by atoms with E-state index in [9.17, 15) is 29.7 Å². The van der Waals surface area contributed by atoms with Gasteiger partial charge in [0, 0.05) is 23.5 Å². The SMILES string of the molecule is Cc1ccc(NC(=O)[C@H](O)[C@@H](O)C(=O)Nc2ccc(CN(C(=O)O)C(C)(C)C)cc2)cc1. The Morgan fingerprint density at radius 1 is 0.844 bits per heavy atom. The van der Waals surface area contributed by atoms with E-state index in [1.54, 1.807) is 69.3 Å². The number of benzene rings is 2. The number of hydrogen-bond donors (Lipinski definition) is 5. The molecule has 0 aliphatic heterocycles. The van der Waals surface area contributed by atoms with Crippen LogP contribution in [0.2, 0.25) is 0 Å². The zero-order valence-electron chi connectivity index (χ0n) is 18.5. The fraction of sp³-hybridized carbons (Fsp3) is 0.348. The van der Waals surface area contributed by atoms with E-state index in [4.69, 9.17) is 0 Å². The summed E-state index contributed by atoms with van der Waals surface area (Å²) >= 11 is 0. The third-order valence-corrected chi connectivity index (χ3v) is 4.76. The molecule has 2 aromatic rings. The van der Waals surface area contributed by atoms with E-state index in [1.165, 1.54) is 4.90 Å². The van der Waals surface area contributed by atoms with Gasteiger partial charge in [-0.05, 0) is 57.5 Å². The molecule has 0 fully saturated rings.